The summed E-state index contributed by atoms with van der Waals surface area (Å²) in [6, 6.07) is 3.11. The summed E-state index contributed by atoms with van der Waals surface area (Å²) in [5, 5.41) is 13.7. The summed E-state index contributed by atoms with van der Waals surface area (Å²) in [6.07, 6.45) is 0.915. The highest BCUT2D eigenvalue weighted by Gasteiger charge is 2.25. The Balaban J connectivity index is 1.82. The van der Waals surface area contributed by atoms with Crippen LogP contribution in [0.1, 0.15) is 25.2 Å². The van der Waals surface area contributed by atoms with Gasteiger partial charge in [0, 0.05) is 32.2 Å². The molecule has 8 heteroatoms. The van der Waals surface area contributed by atoms with Crippen LogP contribution >= 0.6 is 0 Å². The maximum Gasteiger partial charge on any atom is 0.278 e. The molecule has 3 rings (SSSR count). The molecule has 2 aromatic rings. The molecule has 0 aromatic carbocycles. The predicted octanol–water partition coefficient (Wildman–Crippen LogP) is 0.176. The number of H-pyrrole nitrogens is 1. The fourth-order valence-electron chi connectivity index (χ4n) is 2.54. The Kier molecular flexibility index (Phi) is 4.07. The van der Waals surface area contributed by atoms with E-state index in [1.807, 2.05) is 0 Å². The Bertz CT molecular complexity index is 626. The van der Waals surface area contributed by atoms with Gasteiger partial charge in [-0.3, -0.25) is 9.69 Å². The van der Waals surface area contributed by atoms with Crippen molar-refractivity contribution in [3.8, 4) is 11.6 Å². The van der Waals surface area contributed by atoms with Gasteiger partial charge in [0.15, 0.2) is 5.82 Å². The molecule has 8 nitrogen and oxygen atoms in total. The number of aromatic amines is 1. The van der Waals surface area contributed by atoms with Crippen molar-refractivity contribution in [2.75, 3.05) is 26.2 Å². The molecule has 0 radical (unpaired) electrons. The van der Waals surface area contributed by atoms with Crippen molar-refractivity contribution in [2.45, 2.75) is 19.4 Å². The van der Waals surface area contributed by atoms with Gasteiger partial charge in [-0.25, -0.2) is 5.10 Å². The van der Waals surface area contributed by atoms with Crippen LogP contribution in [0.25, 0.3) is 11.6 Å². The summed E-state index contributed by atoms with van der Waals surface area (Å²) in [4.78, 5) is 17.8. The smallest absolute Gasteiger partial charge is 0.278 e. The largest absolute Gasteiger partial charge is 0.332 e. The quantitative estimate of drug-likeness (QED) is 0.828. The molecule has 2 aromatic heterocycles. The van der Waals surface area contributed by atoms with E-state index in [-0.39, 0.29) is 11.6 Å². The number of aromatic nitrogens is 4. The van der Waals surface area contributed by atoms with Gasteiger partial charge in [0.1, 0.15) is 5.69 Å². The molecule has 3 heterocycles. The lowest BCUT2D eigenvalue weighted by Crippen LogP contribution is -2.45. The van der Waals surface area contributed by atoms with Crippen molar-refractivity contribution in [3.63, 3.8) is 0 Å². The zero-order valence-corrected chi connectivity index (χ0v) is 11.9. The zero-order chi connectivity index (χ0) is 14.7. The minimum absolute atomic E-state index is 0.146. The highest BCUT2D eigenvalue weighted by molar-refractivity contribution is 5.44. The highest BCUT2D eigenvalue weighted by atomic mass is 16.5. The van der Waals surface area contributed by atoms with Crippen molar-refractivity contribution in [2.24, 2.45) is 0 Å². The van der Waals surface area contributed by atoms with E-state index in [0.717, 1.165) is 32.6 Å². The monoisotopic (exact) mass is 290 g/mol. The molecule has 0 aliphatic carbocycles. The number of nitrogens with one attached hydrogen (secondary N) is 2. The summed E-state index contributed by atoms with van der Waals surface area (Å²) in [6.45, 7) is 6.00. The average molecular weight is 290 g/mol. The zero-order valence-electron chi connectivity index (χ0n) is 11.9. The molecule has 0 bridgehead atoms. The molecule has 1 atom stereocenters. The van der Waals surface area contributed by atoms with E-state index in [1.54, 1.807) is 6.07 Å². The Morgan fingerprint density at radius 2 is 2.19 bits per heavy atom. The number of rotatable bonds is 4. The Morgan fingerprint density at radius 3 is 2.86 bits per heavy atom. The molecular weight excluding hydrogens is 272 g/mol. The van der Waals surface area contributed by atoms with Gasteiger partial charge in [0.2, 0.25) is 0 Å². The molecule has 1 unspecified atom stereocenters. The molecule has 0 amide bonds. The van der Waals surface area contributed by atoms with Crippen LogP contribution in [0.2, 0.25) is 0 Å². The third-order valence-electron chi connectivity index (χ3n) is 3.62. The minimum atomic E-state index is -0.259. The summed E-state index contributed by atoms with van der Waals surface area (Å²) >= 11 is 0. The second kappa shape index (κ2) is 6.15. The van der Waals surface area contributed by atoms with E-state index in [9.17, 15) is 4.79 Å². The fourth-order valence-corrected chi connectivity index (χ4v) is 2.54. The summed E-state index contributed by atoms with van der Waals surface area (Å²) < 4.78 is 5.28. The van der Waals surface area contributed by atoms with E-state index in [4.69, 9.17) is 4.52 Å². The Labute approximate surface area is 121 Å². The molecule has 1 aliphatic heterocycles. The predicted molar refractivity (Wildman–Crippen MR) is 75.6 cm³/mol. The van der Waals surface area contributed by atoms with Gasteiger partial charge in [0.25, 0.3) is 11.4 Å². The average Bonchev–Trinajstić information content (AvgIpc) is 2.99. The van der Waals surface area contributed by atoms with Crippen LogP contribution in [0, 0.1) is 0 Å². The first-order valence-electron chi connectivity index (χ1n) is 7.12. The summed E-state index contributed by atoms with van der Waals surface area (Å²) in [5.41, 5.74) is 0.217. The van der Waals surface area contributed by atoms with Gasteiger partial charge in [-0.15, -0.1) is 0 Å². The third-order valence-corrected chi connectivity index (χ3v) is 3.62. The maximum absolute atomic E-state index is 11.0. The lowest BCUT2D eigenvalue weighted by molar-refractivity contribution is 0.160. The van der Waals surface area contributed by atoms with Crippen molar-refractivity contribution in [1.29, 1.82) is 0 Å². The number of hydrogen-bond acceptors (Lipinski definition) is 7. The normalized spacial score (nSPS) is 17.8. The van der Waals surface area contributed by atoms with Gasteiger partial charge < -0.3 is 9.84 Å². The second-order valence-corrected chi connectivity index (χ2v) is 4.97. The van der Waals surface area contributed by atoms with E-state index in [2.05, 4.69) is 37.5 Å². The van der Waals surface area contributed by atoms with Crippen molar-refractivity contribution in [1.82, 2.24) is 30.6 Å². The van der Waals surface area contributed by atoms with Gasteiger partial charge in [-0.1, -0.05) is 12.1 Å². The van der Waals surface area contributed by atoms with E-state index in [0.29, 0.717) is 17.4 Å². The van der Waals surface area contributed by atoms with Gasteiger partial charge >= 0.3 is 0 Å². The van der Waals surface area contributed by atoms with Crippen LogP contribution < -0.4 is 10.9 Å². The lowest BCUT2D eigenvalue weighted by Gasteiger charge is -2.32. The molecular formula is C13H18N6O2. The summed E-state index contributed by atoms with van der Waals surface area (Å²) in [5.74, 6) is 0.997. The minimum Gasteiger partial charge on any atom is -0.332 e. The number of hydrogen-bond donors (Lipinski definition) is 2. The van der Waals surface area contributed by atoms with Crippen LogP contribution in [0.4, 0.5) is 0 Å². The molecule has 1 saturated heterocycles. The van der Waals surface area contributed by atoms with Crippen LogP contribution in [0.15, 0.2) is 21.5 Å². The van der Waals surface area contributed by atoms with Gasteiger partial charge in [-0.2, -0.15) is 10.1 Å². The molecule has 1 aliphatic rings. The van der Waals surface area contributed by atoms with Crippen molar-refractivity contribution >= 4 is 0 Å². The van der Waals surface area contributed by atoms with Crippen LogP contribution in [-0.2, 0) is 0 Å². The SMILES string of the molecule is CCC(c1noc(-c2ccc(=O)[nH]n2)n1)N1CCNCC1. The van der Waals surface area contributed by atoms with Crippen molar-refractivity contribution in [3.05, 3.63) is 28.3 Å². The summed E-state index contributed by atoms with van der Waals surface area (Å²) in [7, 11) is 0. The third kappa shape index (κ3) is 3.01. The number of nitrogens with zero attached hydrogens (tertiary/aromatic N) is 4. The van der Waals surface area contributed by atoms with Crippen molar-refractivity contribution < 1.29 is 4.52 Å². The van der Waals surface area contributed by atoms with Crippen LogP contribution in [0.3, 0.4) is 0 Å². The maximum atomic E-state index is 11.0. The lowest BCUT2D eigenvalue weighted by atomic mass is 10.1. The van der Waals surface area contributed by atoms with Crippen LogP contribution in [0.5, 0.6) is 0 Å². The Hall–Kier alpha value is -2.06. The van der Waals surface area contributed by atoms with E-state index in [1.165, 1.54) is 6.07 Å². The number of piperazine rings is 1. The topological polar surface area (TPSA) is 99.9 Å². The first-order valence-corrected chi connectivity index (χ1v) is 7.12. The highest BCUT2D eigenvalue weighted by Crippen LogP contribution is 2.24. The van der Waals surface area contributed by atoms with E-state index >= 15 is 0 Å². The van der Waals surface area contributed by atoms with Crippen LogP contribution in [-0.4, -0.2) is 51.4 Å². The van der Waals surface area contributed by atoms with Gasteiger partial charge in [-0.05, 0) is 12.5 Å². The molecule has 21 heavy (non-hydrogen) atoms. The molecule has 112 valence electrons. The molecule has 0 saturated carbocycles. The molecule has 0 spiro atoms. The fraction of sp³-hybridized carbons (Fsp3) is 0.538. The molecule has 1 fully saturated rings. The molecule has 2 N–H and O–H groups in total. The second-order valence-electron chi connectivity index (χ2n) is 4.97. The Morgan fingerprint density at radius 1 is 1.38 bits per heavy atom. The first kappa shape index (κ1) is 13.9. The standard InChI is InChI=1S/C13H18N6O2/c1-2-10(19-7-5-14-6-8-19)12-15-13(21-18-12)9-3-4-11(20)17-16-9/h3-4,10,14H,2,5-8H2,1H3,(H,17,20). The van der Waals surface area contributed by atoms with Gasteiger partial charge in [0.05, 0.1) is 6.04 Å². The first-order chi connectivity index (χ1) is 10.3. The van der Waals surface area contributed by atoms with E-state index < -0.39 is 0 Å².